The van der Waals surface area contributed by atoms with E-state index in [2.05, 4.69) is 10.2 Å². The van der Waals surface area contributed by atoms with Gasteiger partial charge in [-0.05, 0) is 41.9 Å². The van der Waals surface area contributed by atoms with Gasteiger partial charge in [-0.1, -0.05) is 0 Å². The second kappa shape index (κ2) is 5.10. The maximum Gasteiger partial charge on any atom is 0.267 e. The van der Waals surface area contributed by atoms with Crippen LogP contribution in [0.2, 0.25) is 0 Å². The van der Waals surface area contributed by atoms with Crippen molar-refractivity contribution < 1.29 is 9.18 Å². The van der Waals surface area contributed by atoms with Crippen molar-refractivity contribution >= 4 is 16.8 Å². The van der Waals surface area contributed by atoms with Gasteiger partial charge in [0.05, 0.1) is 12.1 Å². The Morgan fingerprint density at radius 1 is 1.33 bits per heavy atom. The first kappa shape index (κ1) is 12.4. The van der Waals surface area contributed by atoms with Crippen LogP contribution in [0.3, 0.4) is 0 Å². The Kier molecular flexibility index (Phi) is 3.53. The Hall–Kier alpha value is -2.01. The lowest BCUT2D eigenvalue weighted by atomic mass is 10.1. The van der Waals surface area contributed by atoms with Gasteiger partial charge in [-0.15, -0.1) is 0 Å². The molecule has 0 fully saturated rings. The maximum absolute atomic E-state index is 12.8. The lowest BCUT2D eigenvalue weighted by Gasteiger charge is -2.02. The molecule has 0 aliphatic rings. The third-order valence-electron chi connectivity index (χ3n) is 2.35. The summed E-state index contributed by atoms with van der Waals surface area (Å²) in [6.07, 6.45) is -0.173. The number of halogens is 2. The first-order valence-corrected chi connectivity index (χ1v) is 5.47. The summed E-state index contributed by atoms with van der Waals surface area (Å²) in [7, 11) is 0. The first-order valence-electron chi connectivity index (χ1n) is 5.09. The Balaban J connectivity index is 2.43. The average molecular weight is 267 g/mol. The fourth-order valence-electron chi connectivity index (χ4n) is 1.50. The highest BCUT2D eigenvalue weighted by atomic mass is 35.5. The van der Waals surface area contributed by atoms with Gasteiger partial charge in [-0.3, -0.25) is 9.59 Å². The van der Waals surface area contributed by atoms with Crippen molar-refractivity contribution in [2.45, 2.75) is 6.42 Å². The number of benzene rings is 1. The van der Waals surface area contributed by atoms with E-state index in [1.54, 1.807) is 0 Å². The Morgan fingerprint density at radius 3 is 2.61 bits per heavy atom. The topological polar surface area (TPSA) is 62.8 Å². The minimum absolute atomic E-state index is 0.173. The van der Waals surface area contributed by atoms with Gasteiger partial charge in [0.25, 0.3) is 5.56 Å². The molecule has 6 heteroatoms. The van der Waals surface area contributed by atoms with Gasteiger partial charge in [0.1, 0.15) is 5.82 Å². The number of aromatic amines is 1. The summed E-state index contributed by atoms with van der Waals surface area (Å²) < 4.78 is 12.8. The summed E-state index contributed by atoms with van der Waals surface area (Å²) in [4.78, 5) is 22.2. The molecule has 0 radical (unpaired) electrons. The normalized spacial score (nSPS) is 10.3. The predicted molar refractivity (Wildman–Crippen MR) is 64.8 cm³/mol. The molecule has 0 amide bonds. The monoisotopic (exact) mass is 266 g/mol. The fraction of sp³-hybridized carbons (Fsp3) is 0.0833. The van der Waals surface area contributed by atoms with E-state index < -0.39 is 10.8 Å². The summed E-state index contributed by atoms with van der Waals surface area (Å²) >= 11 is 5.24. The molecular formula is C12H8ClFN2O2. The lowest BCUT2D eigenvalue weighted by molar-refractivity contribution is -0.111. The molecule has 0 aliphatic heterocycles. The number of carbonyl (C=O) groups is 1. The number of carbonyl (C=O) groups excluding carboxylic acids is 1. The first-order chi connectivity index (χ1) is 8.56. The second-order valence-corrected chi connectivity index (χ2v) is 4.07. The minimum Gasteiger partial charge on any atom is -0.281 e. The largest absolute Gasteiger partial charge is 0.281 e. The van der Waals surface area contributed by atoms with Crippen molar-refractivity contribution in [2.24, 2.45) is 0 Å². The van der Waals surface area contributed by atoms with Crippen LogP contribution in [0.4, 0.5) is 4.39 Å². The maximum atomic E-state index is 12.8. The van der Waals surface area contributed by atoms with E-state index in [1.165, 1.54) is 30.3 Å². The number of rotatable bonds is 3. The Labute approximate surface area is 106 Å². The van der Waals surface area contributed by atoms with Gasteiger partial charge in [-0.25, -0.2) is 9.49 Å². The number of hydrogen-bond donors (Lipinski definition) is 1. The summed E-state index contributed by atoms with van der Waals surface area (Å²) in [6.45, 7) is 0. The molecular weight excluding hydrogens is 259 g/mol. The molecule has 2 rings (SSSR count). The van der Waals surface area contributed by atoms with Gasteiger partial charge in [0.15, 0.2) is 0 Å². The van der Waals surface area contributed by atoms with Crippen LogP contribution in [0, 0.1) is 5.82 Å². The summed E-state index contributed by atoms with van der Waals surface area (Å²) in [5.41, 5.74) is 0.845. The number of aromatic nitrogens is 2. The van der Waals surface area contributed by atoms with Gasteiger partial charge in [-0.2, -0.15) is 5.10 Å². The quantitative estimate of drug-likeness (QED) is 0.863. The second-order valence-electron chi connectivity index (χ2n) is 3.65. The third-order valence-corrected chi connectivity index (χ3v) is 2.48. The van der Waals surface area contributed by atoms with E-state index in [1.807, 2.05) is 0 Å². The highest BCUT2D eigenvalue weighted by Gasteiger charge is 2.08. The molecule has 0 bridgehead atoms. The zero-order chi connectivity index (χ0) is 13.1. The Bertz CT molecular complexity index is 637. The SMILES string of the molecule is O=C(Cl)Cc1cc(-c2ccc(F)cc2)n[nH]c1=O. The van der Waals surface area contributed by atoms with Crippen molar-refractivity contribution in [1.29, 1.82) is 0 Å². The van der Waals surface area contributed by atoms with E-state index in [9.17, 15) is 14.0 Å². The molecule has 2 aromatic rings. The highest BCUT2D eigenvalue weighted by molar-refractivity contribution is 6.63. The Morgan fingerprint density at radius 2 is 2.00 bits per heavy atom. The molecule has 92 valence electrons. The third kappa shape index (κ3) is 2.81. The molecule has 0 saturated carbocycles. The minimum atomic E-state index is -0.628. The zero-order valence-corrected chi connectivity index (χ0v) is 9.87. The van der Waals surface area contributed by atoms with Crippen LogP contribution in [-0.2, 0) is 11.2 Å². The average Bonchev–Trinajstić information content (AvgIpc) is 2.32. The predicted octanol–water partition coefficient (Wildman–Crippen LogP) is 1.88. The van der Waals surface area contributed by atoms with Crippen LogP contribution in [0.25, 0.3) is 11.3 Å². The van der Waals surface area contributed by atoms with Crippen molar-refractivity contribution in [3.63, 3.8) is 0 Å². The molecule has 4 nitrogen and oxygen atoms in total. The van der Waals surface area contributed by atoms with E-state index in [-0.39, 0.29) is 17.8 Å². The number of nitrogens with zero attached hydrogens (tertiary/aromatic N) is 1. The van der Waals surface area contributed by atoms with Crippen LogP contribution in [0.5, 0.6) is 0 Å². The number of H-pyrrole nitrogens is 1. The molecule has 1 N–H and O–H groups in total. The zero-order valence-electron chi connectivity index (χ0n) is 9.11. The summed E-state index contributed by atoms with van der Waals surface area (Å²) in [6, 6.07) is 7.10. The van der Waals surface area contributed by atoms with E-state index in [0.29, 0.717) is 11.3 Å². The van der Waals surface area contributed by atoms with E-state index in [4.69, 9.17) is 11.6 Å². The number of nitrogens with one attached hydrogen (secondary N) is 1. The fourth-order valence-corrected chi connectivity index (χ4v) is 1.64. The standard InChI is InChI=1S/C12H8ClFN2O2/c13-11(17)6-8-5-10(15-16-12(8)18)7-1-3-9(14)4-2-7/h1-5H,6H2,(H,16,18). The van der Waals surface area contributed by atoms with Crippen molar-refractivity contribution in [2.75, 3.05) is 0 Å². The van der Waals surface area contributed by atoms with E-state index >= 15 is 0 Å². The molecule has 18 heavy (non-hydrogen) atoms. The smallest absolute Gasteiger partial charge is 0.267 e. The highest BCUT2D eigenvalue weighted by Crippen LogP contribution is 2.16. The summed E-state index contributed by atoms with van der Waals surface area (Å²) in [5.74, 6) is -0.362. The molecule has 0 aliphatic carbocycles. The van der Waals surface area contributed by atoms with Crippen LogP contribution in [-0.4, -0.2) is 15.4 Å². The van der Waals surface area contributed by atoms with Crippen LogP contribution >= 0.6 is 11.6 Å². The molecule has 1 aromatic carbocycles. The van der Waals surface area contributed by atoms with Gasteiger partial charge < -0.3 is 0 Å². The van der Waals surface area contributed by atoms with Crippen LogP contribution in [0.1, 0.15) is 5.56 Å². The molecule has 0 unspecified atom stereocenters. The van der Waals surface area contributed by atoms with Crippen LogP contribution < -0.4 is 5.56 Å². The number of hydrogen-bond acceptors (Lipinski definition) is 3. The van der Waals surface area contributed by atoms with E-state index in [0.717, 1.165) is 0 Å². The van der Waals surface area contributed by atoms with Gasteiger partial charge in [0, 0.05) is 11.1 Å². The molecule has 1 aromatic heterocycles. The molecule has 0 saturated heterocycles. The van der Waals surface area contributed by atoms with Gasteiger partial charge >= 0.3 is 0 Å². The van der Waals surface area contributed by atoms with Crippen molar-refractivity contribution in [3.8, 4) is 11.3 Å². The summed E-state index contributed by atoms with van der Waals surface area (Å²) in [5, 5.41) is 5.48. The van der Waals surface area contributed by atoms with Crippen molar-refractivity contribution in [1.82, 2.24) is 10.2 Å². The van der Waals surface area contributed by atoms with Gasteiger partial charge in [0.2, 0.25) is 5.24 Å². The van der Waals surface area contributed by atoms with Crippen LogP contribution in [0.15, 0.2) is 35.1 Å². The molecule has 0 spiro atoms. The molecule has 0 atom stereocenters. The lowest BCUT2D eigenvalue weighted by Crippen LogP contribution is -2.16. The molecule has 1 heterocycles. The van der Waals surface area contributed by atoms with Crippen molar-refractivity contribution in [3.05, 3.63) is 52.1 Å².